The van der Waals surface area contributed by atoms with Gasteiger partial charge in [0.15, 0.2) is 9.84 Å². The zero-order chi connectivity index (χ0) is 10.7. The minimum atomic E-state index is -3.02. The predicted molar refractivity (Wildman–Crippen MR) is 56.2 cm³/mol. The molecule has 0 aromatic carbocycles. The molecule has 1 aliphatic heterocycles. The van der Waals surface area contributed by atoms with Gasteiger partial charge in [0.05, 0.1) is 11.4 Å². The van der Waals surface area contributed by atoms with E-state index >= 15 is 0 Å². The highest BCUT2D eigenvalue weighted by atomic mass is 32.2. The molecule has 0 unspecified atom stereocenters. The molecule has 1 heterocycles. The van der Waals surface area contributed by atoms with Gasteiger partial charge in [-0.3, -0.25) is 0 Å². The highest BCUT2D eigenvalue weighted by molar-refractivity contribution is 7.92. The molecule has 0 bridgehead atoms. The average molecular weight is 221 g/mol. The minimum absolute atomic E-state index is 0.337. The maximum absolute atomic E-state index is 11.7. The van der Waals surface area contributed by atoms with E-state index in [1.54, 1.807) is 0 Å². The fourth-order valence-corrected chi connectivity index (χ4v) is 3.04. The lowest BCUT2D eigenvalue weighted by Crippen LogP contribution is -2.50. The van der Waals surface area contributed by atoms with Gasteiger partial charge in [-0.05, 0) is 32.9 Å². The van der Waals surface area contributed by atoms with Gasteiger partial charge >= 0.3 is 0 Å². The van der Waals surface area contributed by atoms with Crippen LogP contribution in [0.5, 0.6) is 0 Å². The van der Waals surface area contributed by atoms with Crippen molar-refractivity contribution in [3.05, 3.63) is 0 Å². The van der Waals surface area contributed by atoms with E-state index in [-0.39, 0.29) is 0 Å². The summed E-state index contributed by atoms with van der Waals surface area (Å²) in [4.78, 5) is 0. The Labute approximate surface area is 85.9 Å². The van der Waals surface area contributed by atoms with Crippen LogP contribution in [0.25, 0.3) is 0 Å². The second-order valence-electron chi connectivity index (χ2n) is 3.84. The SMILES string of the molecule is CCOCC1(S(C)(=O)=O)CCNCC1. The standard InChI is InChI=1S/C9H19NO3S/c1-3-13-8-9(14(2,11)12)4-6-10-7-5-9/h10H,3-8H2,1-2H3. The Bertz CT molecular complexity index is 268. The molecule has 1 fully saturated rings. The van der Waals surface area contributed by atoms with Gasteiger partial charge in [0.1, 0.15) is 0 Å². The summed E-state index contributed by atoms with van der Waals surface area (Å²) in [6.07, 6.45) is 2.63. The summed E-state index contributed by atoms with van der Waals surface area (Å²) in [5.74, 6) is 0. The van der Waals surface area contributed by atoms with Crippen LogP contribution in [0, 0.1) is 0 Å². The summed E-state index contributed by atoms with van der Waals surface area (Å²) in [7, 11) is -3.02. The van der Waals surface area contributed by atoms with Crippen molar-refractivity contribution in [3.8, 4) is 0 Å². The summed E-state index contributed by atoms with van der Waals surface area (Å²) < 4.78 is 28.1. The monoisotopic (exact) mass is 221 g/mol. The van der Waals surface area contributed by atoms with E-state index in [9.17, 15) is 8.42 Å². The van der Waals surface area contributed by atoms with Crippen LogP contribution in [0.4, 0.5) is 0 Å². The maximum Gasteiger partial charge on any atom is 0.155 e. The van der Waals surface area contributed by atoms with Crippen molar-refractivity contribution in [1.29, 1.82) is 0 Å². The van der Waals surface area contributed by atoms with Gasteiger partial charge < -0.3 is 10.1 Å². The van der Waals surface area contributed by atoms with Crippen LogP contribution in [0.3, 0.4) is 0 Å². The van der Waals surface area contributed by atoms with Gasteiger partial charge in [-0.2, -0.15) is 0 Å². The first kappa shape index (κ1) is 11.9. The molecule has 0 atom stereocenters. The molecule has 0 aliphatic carbocycles. The highest BCUT2D eigenvalue weighted by Gasteiger charge is 2.41. The first-order valence-electron chi connectivity index (χ1n) is 5.00. The lowest BCUT2D eigenvalue weighted by Gasteiger charge is -2.35. The molecule has 1 N–H and O–H groups in total. The largest absolute Gasteiger partial charge is 0.380 e. The van der Waals surface area contributed by atoms with Gasteiger partial charge in [0, 0.05) is 12.9 Å². The molecule has 0 amide bonds. The molecule has 0 radical (unpaired) electrons. The smallest absolute Gasteiger partial charge is 0.155 e. The van der Waals surface area contributed by atoms with E-state index in [1.165, 1.54) is 6.26 Å². The molecule has 14 heavy (non-hydrogen) atoms. The van der Waals surface area contributed by atoms with Crippen molar-refractivity contribution >= 4 is 9.84 Å². The third kappa shape index (κ3) is 2.46. The summed E-state index contributed by atoms with van der Waals surface area (Å²) in [6.45, 7) is 4.33. The normalized spacial score (nSPS) is 22.1. The van der Waals surface area contributed by atoms with Crippen molar-refractivity contribution in [3.63, 3.8) is 0 Å². The quantitative estimate of drug-likeness (QED) is 0.736. The molecule has 5 heteroatoms. The zero-order valence-electron chi connectivity index (χ0n) is 8.88. The molecule has 84 valence electrons. The van der Waals surface area contributed by atoms with Crippen LogP contribution in [0.1, 0.15) is 19.8 Å². The van der Waals surface area contributed by atoms with E-state index in [2.05, 4.69) is 5.32 Å². The number of hydrogen-bond acceptors (Lipinski definition) is 4. The van der Waals surface area contributed by atoms with E-state index in [0.29, 0.717) is 26.1 Å². The lowest BCUT2D eigenvalue weighted by molar-refractivity contribution is 0.108. The lowest BCUT2D eigenvalue weighted by atomic mass is 9.98. The Morgan fingerprint density at radius 2 is 1.93 bits per heavy atom. The second-order valence-corrected chi connectivity index (χ2v) is 6.25. The molecule has 0 saturated carbocycles. The molecule has 1 rings (SSSR count). The number of nitrogens with one attached hydrogen (secondary N) is 1. The fourth-order valence-electron chi connectivity index (χ4n) is 1.79. The summed E-state index contributed by atoms with van der Waals surface area (Å²) in [5.41, 5.74) is 0. The van der Waals surface area contributed by atoms with Gasteiger partial charge in [0.2, 0.25) is 0 Å². The van der Waals surface area contributed by atoms with E-state index in [0.717, 1.165) is 13.1 Å². The molecule has 0 aromatic heterocycles. The predicted octanol–water partition coefficient (Wildman–Crippen LogP) is 0.190. The number of sulfone groups is 1. The third-order valence-corrected chi connectivity index (χ3v) is 4.97. The number of piperidine rings is 1. The van der Waals surface area contributed by atoms with Gasteiger partial charge in [-0.1, -0.05) is 0 Å². The number of hydrogen-bond donors (Lipinski definition) is 1. The summed E-state index contributed by atoms with van der Waals surface area (Å²) >= 11 is 0. The third-order valence-electron chi connectivity index (χ3n) is 2.87. The molecular weight excluding hydrogens is 202 g/mol. The molecule has 1 saturated heterocycles. The summed E-state index contributed by atoms with van der Waals surface area (Å²) in [5, 5.41) is 3.17. The molecular formula is C9H19NO3S. The van der Waals surface area contributed by atoms with Gasteiger partial charge in [0.25, 0.3) is 0 Å². The average Bonchev–Trinajstić information content (AvgIpc) is 2.14. The number of ether oxygens (including phenoxy) is 1. The van der Waals surface area contributed by atoms with Crippen LogP contribution in [-0.2, 0) is 14.6 Å². The van der Waals surface area contributed by atoms with E-state index in [4.69, 9.17) is 4.74 Å². The molecule has 4 nitrogen and oxygen atoms in total. The van der Waals surface area contributed by atoms with Crippen molar-refractivity contribution in [2.45, 2.75) is 24.5 Å². The van der Waals surface area contributed by atoms with Crippen LogP contribution >= 0.6 is 0 Å². The second kappa shape index (κ2) is 4.59. The molecule has 1 aliphatic rings. The Kier molecular flexibility index (Phi) is 3.92. The van der Waals surface area contributed by atoms with Crippen molar-refractivity contribution < 1.29 is 13.2 Å². The fraction of sp³-hybridized carbons (Fsp3) is 1.00. The van der Waals surface area contributed by atoms with E-state index in [1.807, 2.05) is 6.92 Å². The van der Waals surface area contributed by atoms with Crippen LogP contribution in [0.15, 0.2) is 0 Å². The first-order chi connectivity index (χ1) is 6.52. The maximum atomic E-state index is 11.7. The van der Waals surface area contributed by atoms with Crippen LogP contribution < -0.4 is 5.32 Å². The Balaban J connectivity index is 2.78. The van der Waals surface area contributed by atoms with Crippen LogP contribution in [-0.4, -0.2) is 45.7 Å². The van der Waals surface area contributed by atoms with Crippen LogP contribution in [0.2, 0.25) is 0 Å². The van der Waals surface area contributed by atoms with Crippen molar-refractivity contribution in [1.82, 2.24) is 5.32 Å². The topological polar surface area (TPSA) is 55.4 Å². The Morgan fingerprint density at radius 3 is 2.36 bits per heavy atom. The number of rotatable bonds is 4. The molecule has 0 spiro atoms. The zero-order valence-corrected chi connectivity index (χ0v) is 9.69. The van der Waals surface area contributed by atoms with E-state index < -0.39 is 14.6 Å². The molecule has 0 aromatic rings. The van der Waals surface area contributed by atoms with Gasteiger partial charge in [-0.25, -0.2) is 8.42 Å². The highest BCUT2D eigenvalue weighted by Crippen LogP contribution is 2.27. The first-order valence-corrected chi connectivity index (χ1v) is 6.89. The summed E-state index contributed by atoms with van der Waals surface area (Å²) in [6, 6.07) is 0. The Morgan fingerprint density at radius 1 is 1.36 bits per heavy atom. The van der Waals surface area contributed by atoms with Crippen molar-refractivity contribution in [2.75, 3.05) is 32.6 Å². The Hall–Kier alpha value is -0.130. The van der Waals surface area contributed by atoms with Gasteiger partial charge in [-0.15, -0.1) is 0 Å². The minimum Gasteiger partial charge on any atom is -0.380 e. The van der Waals surface area contributed by atoms with Crippen molar-refractivity contribution in [2.24, 2.45) is 0 Å².